The molecule has 0 aliphatic carbocycles. The molecule has 0 aromatic carbocycles. The molecule has 0 unspecified atom stereocenters. The number of nitrogen functional groups attached to an aromatic ring is 1. The quantitative estimate of drug-likeness (QED) is 0.615. The fraction of sp³-hybridized carbons (Fsp3) is 0.250. The summed E-state index contributed by atoms with van der Waals surface area (Å²) in [6.45, 7) is 0. The molecule has 70 valence electrons. The zero-order valence-electron chi connectivity index (χ0n) is 6.97. The van der Waals surface area contributed by atoms with E-state index in [-0.39, 0.29) is 6.42 Å². The number of carboxylic acid groups (broad SMARTS) is 1. The van der Waals surface area contributed by atoms with Crippen LogP contribution in [0.4, 0.5) is 5.69 Å². The summed E-state index contributed by atoms with van der Waals surface area (Å²) in [6.07, 6.45) is 1.36. The topological polar surface area (TPSA) is 102 Å². The van der Waals surface area contributed by atoms with E-state index in [4.69, 9.17) is 16.6 Å². The molecule has 5 heteroatoms. The van der Waals surface area contributed by atoms with E-state index < -0.39 is 12.0 Å². The van der Waals surface area contributed by atoms with E-state index >= 15 is 0 Å². The third kappa shape index (κ3) is 2.72. The van der Waals surface area contributed by atoms with Crippen LogP contribution in [0.25, 0.3) is 0 Å². The Morgan fingerprint density at radius 2 is 2.38 bits per heavy atom. The van der Waals surface area contributed by atoms with Gasteiger partial charge in [0.2, 0.25) is 0 Å². The molecule has 0 aliphatic heterocycles. The minimum atomic E-state index is -0.947. The van der Waals surface area contributed by atoms with Crippen molar-refractivity contribution in [3.8, 4) is 0 Å². The Bertz CT molecular complexity index is 314. The normalized spacial score (nSPS) is 12.4. The average molecular weight is 181 g/mol. The van der Waals surface area contributed by atoms with E-state index in [0.29, 0.717) is 11.4 Å². The standard InChI is InChI=1S/C8H11N3O2/c9-5-1-2-11-7(3-5)6(10)4-8(12)13/h1-3,6H,4,10H2,(H2,9,11)(H,12,13)/t6-/m1/s1. The number of hydrogen-bond acceptors (Lipinski definition) is 4. The van der Waals surface area contributed by atoms with E-state index in [9.17, 15) is 4.79 Å². The highest BCUT2D eigenvalue weighted by molar-refractivity contribution is 5.67. The van der Waals surface area contributed by atoms with Crippen molar-refractivity contribution < 1.29 is 9.90 Å². The molecule has 0 spiro atoms. The summed E-state index contributed by atoms with van der Waals surface area (Å²) in [5.74, 6) is -0.947. The fourth-order valence-electron chi connectivity index (χ4n) is 0.961. The van der Waals surface area contributed by atoms with Gasteiger partial charge in [0.15, 0.2) is 0 Å². The largest absolute Gasteiger partial charge is 0.481 e. The van der Waals surface area contributed by atoms with Gasteiger partial charge in [-0.3, -0.25) is 9.78 Å². The van der Waals surface area contributed by atoms with Crippen molar-refractivity contribution in [2.24, 2.45) is 5.73 Å². The van der Waals surface area contributed by atoms with E-state index in [1.54, 1.807) is 12.1 Å². The SMILES string of the molecule is Nc1ccnc([C@H](N)CC(=O)O)c1. The summed E-state index contributed by atoms with van der Waals surface area (Å²) >= 11 is 0. The van der Waals surface area contributed by atoms with Crippen LogP contribution in [0.1, 0.15) is 18.2 Å². The summed E-state index contributed by atoms with van der Waals surface area (Å²) in [5, 5.41) is 8.48. The predicted octanol–water partition coefficient (Wildman–Crippen LogP) is 0.138. The van der Waals surface area contributed by atoms with Crippen LogP contribution in [-0.2, 0) is 4.79 Å². The van der Waals surface area contributed by atoms with Crippen molar-refractivity contribution in [3.05, 3.63) is 24.0 Å². The number of aliphatic carboxylic acids is 1. The first-order valence-electron chi connectivity index (χ1n) is 3.78. The Morgan fingerprint density at radius 1 is 1.69 bits per heavy atom. The summed E-state index contributed by atoms with van der Waals surface area (Å²) in [6, 6.07) is 2.60. The lowest BCUT2D eigenvalue weighted by atomic mass is 10.1. The Labute approximate surface area is 75.4 Å². The molecule has 1 heterocycles. The maximum absolute atomic E-state index is 10.3. The van der Waals surface area contributed by atoms with E-state index in [2.05, 4.69) is 4.98 Å². The highest BCUT2D eigenvalue weighted by atomic mass is 16.4. The molecule has 5 N–H and O–H groups in total. The van der Waals surface area contributed by atoms with Crippen molar-refractivity contribution in [2.75, 3.05) is 5.73 Å². The summed E-state index contributed by atoms with van der Waals surface area (Å²) in [7, 11) is 0. The van der Waals surface area contributed by atoms with Crippen molar-refractivity contribution in [1.82, 2.24) is 4.98 Å². The molecule has 1 rings (SSSR count). The molecular weight excluding hydrogens is 170 g/mol. The molecule has 0 aliphatic rings. The number of hydrogen-bond donors (Lipinski definition) is 3. The van der Waals surface area contributed by atoms with Crippen LogP contribution in [0.15, 0.2) is 18.3 Å². The smallest absolute Gasteiger partial charge is 0.305 e. The lowest BCUT2D eigenvalue weighted by Gasteiger charge is -2.07. The highest BCUT2D eigenvalue weighted by Crippen LogP contribution is 2.13. The molecule has 1 aromatic heterocycles. The molecule has 5 nitrogen and oxygen atoms in total. The molecule has 13 heavy (non-hydrogen) atoms. The van der Waals surface area contributed by atoms with Gasteiger partial charge in [0.25, 0.3) is 0 Å². The van der Waals surface area contributed by atoms with Crippen LogP contribution in [0.2, 0.25) is 0 Å². The Kier molecular flexibility index (Phi) is 2.81. The maximum atomic E-state index is 10.3. The molecular formula is C8H11N3O2. The molecule has 1 aromatic rings. The lowest BCUT2D eigenvalue weighted by molar-refractivity contribution is -0.137. The second-order valence-electron chi connectivity index (χ2n) is 2.72. The predicted molar refractivity (Wildman–Crippen MR) is 47.8 cm³/mol. The lowest BCUT2D eigenvalue weighted by Crippen LogP contribution is -2.16. The Hall–Kier alpha value is -1.62. The van der Waals surface area contributed by atoms with Crippen molar-refractivity contribution in [2.45, 2.75) is 12.5 Å². The second-order valence-corrected chi connectivity index (χ2v) is 2.72. The van der Waals surface area contributed by atoms with Gasteiger partial charge in [-0.1, -0.05) is 0 Å². The first kappa shape index (κ1) is 9.47. The number of anilines is 1. The molecule has 0 amide bonds. The van der Waals surface area contributed by atoms with Gasteiger partial charge in [-0.05, 0) is 12.1 Å². The van der Waals surface area contributed by atoms with Crippen molar-refractivity contribution in [3.63, 3.8) is 0 Å². The second kappa shape index (κ2) is 3.86. The van der Waals surface area contributed by atoms with Gasteiger partial charge in [0.1, 0.15) is 0 Å². The minimum absolute atomic E-state index is 0.142. The first-order valence-corrected chi connectivity index (χ1v) is 3.78. The van der Waals surface area contributed by atoms with Crippen LogP contribution >= 0.6 is 0 Å². The van der Waals surface area contributed by atoms with Crippen LogP contribution in [-0.4, -0.2) is 16.1 Å². The summed E-state index contributed by atoms with van der Waals surface area (Å²) in [4.78, 5) is 14.3. The number of pyridine rings is 1. The van der Waals surface area contributed by atoms with E-state index in [0.717, 1.165) is 0 Å². The number of rotatable bonds is 3. The molecule has 0 bridgehead atoms. The van der Waals surface area contributed by atoms with Gasteiger partial charge >= 0.3 is 5.97 Å². The molecule has 0 fully saturated rings. The third-order valence-electron chi connectivity index (χ3n) is 1.58. The number of nitrogens with two attached hydrogens (primary N) is 2. The number of carboxylic acids is 1. The zero-order chi connectivity index (χ0) is 9.84. The number of aromatic nitrogens is 1. The van der Waals surface area contributed by atoms with Gasteiger partial charge < -0.3 is 16.6 Å². The van der Waals surface area contributed by atoms with Gasteiger partial charge in [-0.25, -0.2) is 0 Å². The molecule has 0 saturated carbocycles. The van der Waals surface area contributed by atoms with E-state index in [1.807, 2.05) is 0 Å². The van der Waals surface area contributed by atoms with E-state index in [1.165, 1.54) is 6.20 Å². The van der Waals surface area contributed by atoms with Gasteiger partial charge in [0, 0.05) is 11.9 Å². The minimum Gasteiger partial charge on any atom is -0.481 e. The van der Waals surface area contributed by atoms with Gasteiger partial charge in [-0.2, -0.15) is 0 Å². The third-order valence-corrected chi connectivity index (χ3v) is 1.58. The van der Waals surface area contributed by atoms with Crippen molar-refractivity contribution in [1.29, 1.82) is 0 Å². The van der Waals surface area contributed by atoms with Crippen LogP contribution in [0.5, 0.6) is 0 Å². The van der Waals surface area contributed by atoms with Crippen LogP contribution in [0.3, 0.4) is 0 Å². The van der Waals surface area contributed by atoms with Crippen LogP contribution < -0.4 is 11.5 Å². The van der Waals surface area contributed by atoms with Crippen molar-refractivity contribution >= 4 is 11.7 Å². The van der Waals surface area contributed by atoms with Gasteiger partial charge in [-0.15, -0.1) is 0 Å². The maximum Gasteiger partial charge on any atom is 0.305 e. The zero-order valence-corrected chi connectivity index (χ0v) is 6.97. The van der Waals surface area contributed by atoms with Gasteiger partial charge in [0.05, 0.1) is 18.2 Å². The summed E-state index contributed by atoms with van der Waals surface area (Å²) < 4.78 is 0. The molecule has 1 atom stereocenters. The number of carbonyl (C=O) groups is 1. The molecule has 0 saturated heterocycles. The highest BCUT2D eigenvalue weighted by Gasteiger charge is 2.11. The monoisotopic (exact) mass is 181 g/mol. The Morgan fingerprint density at radius 3 is 2.92 bits per heavy atom. The summed E-state index contributed by atoms with van der Waals surface area (Å²) in [5.41, 5.74) is 12.1. The fourth-order valence-corrected chi connectivity index (χ4v) is 0.961. The first-order chi connectivity index (χ1) is 6.09. The number of nitrogens with zero attached hydrogens (tertiary/aromatic N) is 1. The molecule has 0 radical (unpaired) electrons. The average Bonchev–Trinajstić information content (AvgIpc) is 2.03. The van der Waals surface area contributed by atoms with Crippen LogP contribution in [0, 0.1) is 0 Å². The Balaban J connectivity index is 2.76.